The fourth-order valence-electron chi connectivity index (χ4n) is 1.18. The SMILES string of the molecule is CCONC(=O)c1cc([N+](=O)[O-])ccc1OC. The Morgan fingerprint density at radius 2 is 2.24 bits per heavy atom. The average Bonchev–Trinajstić information content (AvgIpc) is 2.34. The number of nitro benzene ring substituents is 1. The van der Waals surface area contributed by atoms with Gasteiger partial charge in [0.25, 0.3) is 11.6 Å². The molecule has 7 nitrogen and oxygen atoms in total. The summed E-state index contributed by atoms with van der Waals surface area (Å²) >= 11 is 0. The maximum absolute atomic E-state index is 11.6. The predicted molar refractivity (Wildman–Crippen MR) is 58.7 cm³/mol. The molecule has 17 heavy (non-hydrogen) atoms. The highest BCUT2D eigenvalue weighted by Gasteiger charge is 2.17. The van der Waals surface area contributed by atoms with Gasteiger partial charge in [-0.15, -0.1) is 0 Å². The Kier molecular flexibility index (Phi) is 4.41. The van der Waals surface area contributed by atoms with Crippen molar-refractivity contribution in [3.8, 4) is 5.75 Å². The molecule has 1 amide bonds. The second kappa shape index (κ2) is 5.80. The number of non-ortho nitro benzene ring substituents is 1. The smallest absolute Gasteiger partial charge is 0.278 e. The van der Waals surface area contributed by atoms with Crippen LogP contribution in [0.1, 0.15) is 17.3 Å². The molecule has 1 aromatic carbocycles. The quantitative estimate of drug-likeness (QED) is 0.618. The summed E-state index contributed by atoms with van der Waals surface area (Å²) in [6, 6.07) is 3.75. The molecule has 1 aromatic rings. The first kappa shape index (κ1) is 12.9. The van der Waals surface area contributed by atoms with Gasteiger partial charge < -0.3 is 4.74 Å². The van der Waals surface area contributed by atoms with Crippen LogP contribution in [0.25, 0.3) is 0 Å². The number of hydrogen-bond acceptors (Lipinski definition) is 5. The Morgan fingerprint density at radius 3 is 2.76 bits per heavy atom. The van der Waals surface area contributed by atoms with Gasteiger partial charge in [-0.25, -0.2) is 5.48 Å². The number of nitrogens with zero attached hydrogens (tertiary/aromatic N) is 1. The number of rotatable bonds is 5. The number of hydroxylamine groups is 1. The van der Waals surface area contributed by atoms with Crippen LogP contribution in [0, 0.1) is 10.1 Å². The fraction of sp³-hybridized carbons (Fsp3) is 0.300. The van der Waals surface area contributed by atoms with Crippen LogP contribution in [-0.2, 0) is 4.84 Å². The average molecular weight is 240 g/mol. The van der Waals surface area contributed by atoms with Gasteiger partial charge >= 0.3 is 0 Å². The second-order valence-corrected chi connectivity index (χ2v) is 3.01. The van der Waals surface area contributed by atoms with Gasteiger partial charge in [-0.05, 0) is 13.0 Å². The van der Waals surface area contributed by atoms with E-state index in [4.69, 9.17) is 9.57 Å². The van der Waals surface area contributed by atoms with Crippen molar-refractivity contribution in [1.29, 1.82) is 0 Å². The number of methoxy groups -OCH3 is 1. The third-order valence-corrected chi connectivity index (χ3v) is 1.95. The van der Waals surface area contributed by atoms with E-state index in [0.717, 1.165) is 6.07 Å². The third-order valence-electron chi connectivity index (χ3n) is 1.95. The van der Waals surface area contributed by atoms with Gasteiger partial charge in [0.15, 0.2) is 0 Å². The first-order chi connectivity index (χ1) is 8.10. The van der Waals surface area contributed by atoms with Crippen molar-refractivity contribution < 1.29 is 19.3 Å². The van der Waals surface area contributed by atoms with E-state index in [-0.39, 0.29) is 17.0 Å². The maximum atomic E-state index is 11.6. The zero-order valence-electron chi connectivity index (χ0n) is 9.43. The van der Waals surface area contributed by atoms with Crippen LogP contribution in [0.4, 0.5) is 5.69 Å². The first-order valence-corrected chi connectivity index (χ1v) is 4.84. The molecular weight excluding hydrogens is 228 g/mol. The van der Waals surface area contributed by atoms with E-state index in [2.05, 4.69) is 5.48 Å². The van der Waals surface area contributed by atoms with Crippen LogP contribution in [0.5, 0.6) is 5.75 Å². The van der Waals surface area contributed by atoms with Crippen molar-refractivity contribution in [2.45, 2.75) is 6.92 Å². The van der Waals surface area contributed by atoms with Crippen molar-refractivity contribution in [1.82, 2.24) is 5.48 Å². The molecule has 0 radical (unpaired) electrons. The van der Waals surface area contributed by atoms with Gasteiger partial charge in [-0.3, -0.25) is 19.7 Å². The monoisotopic (exact) mass is 240 g/mol. The molecule has 92 valence electrons. The second-order valence-electron chi connectivity index (χ2n) is 3.01. The van der Waals surface area contributed by atoms with E-state index in [1.54, 1.807) is 6.92 Å². The van der Waals surface area contributed by atoms with Crippen LogP contribution in [0.3, 0.4) is 0 Å². The van der Waals surface area contributed by atoms with E-state index in [9.17, 15) is 14.9 Å². The highest BCUT2D eigenvalue weighted by atomic mass is 16.6. The number of nitro groups is 1. The molecule has 0 heterocycles. The Balaban J connectivity index is 3.05. The highest BCUT2D eigenvalue weighted by molar-refractivity contribution is 5.96. The van der Waals surface area contributed by atoms with Crippen LogP contribution >= 0.6 is 0 Å². The van der Waals surface area contributed by atoms with Crippen molar-refractivity contribution in [3.63, 3.8) is 0 Å². The Morgan fingerprint density at radius 1 is 1.53 bits per heavy atom. The third kappa shape index (κ3) is 3.15. The molecule has 0 spiro atoms. The minimum absolute atomic E-state index is 0.0511. The van der Waals surface area contributed by atoms with Gasteiger partial charge in [-0.2, -0.15) is 0 Å². The minimum Gasteiger partial charge on any atom is -0.496 e. The summed E-state index contributed by atoms with van der Waals surface area (Å²) in [6.45, 7) is 1.99. The summed E-state index contributed by atoms with van der Waals surface area (Å²) in [4.78, 5) is 26.3. The number of hydrogen-bond donors (Lipinski definition) is 1. The first-order valence-electron chi connectivity index (χ1n) is 4.84. The number of ether oxygens (including phenoxy) is 1. The van der Waals surface area contributed by atoms with E-state index in [1.165, 1.54) is 19.2 Å². The molecular formula is C10H12N2O5. The van der Waals surface area contributed by atoms with Crippen LogP contribution in [0.15, 0.2) is 18.2 Å². The Hall–Kier alpha value is -2.15. The van der Waals surface area contributed by atoms with Crippen molar-refractivity contribution in [2.24, 2.45) is 0 Å². The van der Waals surface area contributed by atoms with Crippen LogP contribution in [-0.4, -0.2) is 24.5 Å². The molecule has 0 saturated heterocycles. The maximum Gasteiger partial charge on any atom is 0.278 e. The molecule has 0 atom stereocenters. The summed E-state index contributed by atoms with van der Waals surface area (Å²) in [5.41, 5.74) is 2.01. The standard InChI is InChI=1S/C10H12N2O5/c1-3-17-11-10(13)8-6-7(12(14)15)4-5-9(8)16-2/h4-6H,3H2,1-2H3,(H,11,13). The molecule has 0 aliphatic heterocycles. The van der Waals surface area contributed by atoms with Crippen molar-refractivity contribution in [2.75, 3.05) is 13.7 Å². The molecule has 1 N–H and O–H groups in total. The predicted octanol–water partition coefficient (Wildman–Crippen LogP) is 1.28. The Labute approximate surface area is 97.4 Å². The zero-order valence-corrected chi connectivity index (χ0v) is 9.43. The minimum atomic E-state index is -0.590. The van der Waals surface area contributed by atoms with Gasteiger partial charge in [-0.1, -0.05) is 0 Å². The number of benzene rings is 1. The summed E-state index contributed by atoms with van der Waals surface area (Å²) in [6.07, 6.45) is 0. The zero-order chi connectivity index (χ0) is 12.8. The number of carbonyl (C=O) groups is 1. The van der Waals surface area contributed by atoms with Crippen LogP contribution in [0.2, 0.25) is 0 Å². The number of carbonyl (C=O) groups excluding carboxylic acids is 1. The lowest BCUT2D eigenvalue weighted by Gasteiger charge is -2.08. The molecule has 0 saturated carbocycles. The van der Waals surface area contributed by atoms with Gasteiger partial charge in [0.1, 0.15) is 5.75 Å². The molecule has 0 aromatic heterocycles. The largest absolute Gasteiger partial charge is 0.496 e. The summed E-state index contributed by atoms with van der Waals surface area (Å²) in [7, 11) is 1.37. The van der Waals surface area contributed by atoms with E-state index < -0.39 is 10.8 Å². The Bertz CT molecular complexity index is 433. The molecule has 0 fully saturated rings. The summed E-state index contributed by atoms with van der Waals surface area (Å²) in [5, 5.41) is 10.6. The molecule has 7 heteroatoms. The fourth-order valence-corrected chi connectivity index (χ4v) is 1.18. The van der Waals surface area contributed by atoms with E-state index >= 15 is 0 Å². The van der Waals surface area contributed by atoms with Crippen LogP contribution < -0.4 is 10.2 Å². The summed E-state index contributed by atoms with van der Waals surface area (Å²) < 4.78 is 4.94. The topological polar surface area (TPSA) is 90.7 Å². The van der Waals surface area contributed by atoms with Gasteiger partial charge in [0.05, 0.1) is 24.2 Å². The number of amides is 1. The highest BCUT2D eigenvalue weighted by Crippen LogP contribution is 2.23. The lowest BCUT2D eigenvalue weighted by Crippen LogP contribution is -2.24. The van der Waals surface area contributed by atoms with Crippen molar-refractivity contribution in [3.05, 3.63) is 33.9 Å². The molecule has 1 rings (SSSR count). The molecule has 0 bridgehead atoms. The van der Waals surface area contributed by atoms with E-state index in [1.807, 2.05) is 0 Å². The lowest BCUT2D eigenvalue weighted by molar-refractivity contribution is -0.384. The molecule has 0 aliphatic rings. The van der Waals surface area contributed by atoms with Crippen molar-refractivity contribution >= 4 is 11.6 Å². The summed E-state index contributed by atoms with van der Waals surface area (Å²) in [5.74, 6) is -0.347. The lowest BCUT2D eigenvalue weighted by atomic mass is 10.1. The van der Waals surface area contributed by atoms with E-state index in [0.29, 0.717) is 6.61 Å². The number of nitrogens with one attached hydrogen (secondary N) is 1. The van der Waals surface area contributed by atoms with Gasteiger partial charge in [0.2, 0.25) is 0 Å². The van der Waals surface area contributed by atoms with Gasteiger partial charge in [0, 0.05) is 12.1 Å². The molecule has 0 unspecified atom stereocenters. The normalized spacial score (nSPS) is 9.76. The molecule has 0 aliphatic carbocycles.